The van der Waals surface area contributed by atoms with E-state index in [-0.39, 0.29) is 11.8 Å². The van der Waals surface area contributed by atoms with Gasteiger partial charge in [0.2, 0.25) is 5.88 Å². The third-order valence-corrected chi connectivity index (χ3v) is 6.87. The summed E-state index contributed by atoms with van der Waals surface area (Å²) in [5.41, 5.74) is 11.6. The van der Waals surface area contributed by atoms with Crippen molar-refractivity contribution in [2.45, 2.75) is 58.0 Å². The molecule has 2 bridgehead atoms. The highest BCUT2D eigenvalue weighted by molar-refractivity contribution is 6.09. The number of nitrogen functional groups attached to an aromatic ring is 1. The van der Waals surface area contributed by atoms with Crippen molar-refractivity contribution >= 4 is 28.8 Å². The van der Waals surface area contributed by atoms with Crippen molar-refractivity contribution in [1.82, 2.24) is 9.97 Å². The number of ether oxygens (including phenoxy) is 1. The summed E-state index contributed by atoms with van der Waals surface area (Å²) in [6, 6.07) is 8.43. The van der Waals surface area contributed by atoms with E-state index in [0.29, 0.717) is 17.4 Å². The Morgan fingerprint density at radius 2 is 1.84 bits per heavy atom. The van der Waals surface area contributed by atoms with Crippen LogP contribution in [0.25, 0.3) is 5.57 Å². The number of hydrogen-bond acceptors (Lipinski definition) is 6. The molecule has 0 spiro atoms. The topological polar surface area (TPSA) is 111 Å². The van der Waals surface area contributed by atoms with Crippen LogP contribution in [0.3, 0.4) is 0 Å². The minimum absolute atomic E-state index is 0.0296. The summed E-state index contributed by atoms with van der Waals surface area (Å²) in [4.78, 5) is 24.2. The average Bonchev–Trinajstić information content (AvgIpc) is 3.03. The van der Waals surface area contributed by atoms with E-state index in [9.17, 15) is 9.90 Å². The molecule has 7 heteroatoms. The Balaban J connectivity index is 1.46. The number of aromatic nitrogens is 2. The standard InChI is InChI=1S/C24H26N4O3/c1-23(2)20(28-19-21(25)26-13-27-22(19)31-23)15-5-3-14(4-6-15)17-8-10-24(12-18(29)30)9-7-16(17)11-24/h3-6,13H,7-12H2,1-2H3,(H,29,30)(H2,25,26,27). The minimum Gasteiger partial charge on any atom is -0.481 e. The van der Waals surface area contributed by atoms with Crippen molar-refractivity contribution in [2.24, 2.45) is 10.4 Å². The number of carbonyl (C=O) groups is 1. The fourth-order valence-electron chi connectivity index (χ4n) is 5.32. The second kappa shape index (κ2) is 6.90. The lowest BCUT2D eigenvalue weighted by atomic mass is 9.73. The van der Waals surface area contributed by atoms with Crippen molar-refractivity contribution in [2.75, 3.05) is 5.73 Å². The van der Waals surface area contributed by atoms with Crippen LogP contribution in [0.4, 0.5) is 11.5 Å². The third kappa shape index (κ3) is 3.38. The Bertz CT molecular complexity index is 1130. The van der Waals surface area contributed by atoms with Gasteiger partial charge in [0.1, 0.15) is 11.9 Å². The molecular weight excluding hydrogens is 392 g/mol. The van der Waals surface area contributed by atoms with E-state index >= 15 is 0 Å². The number of carboxylic acids is 1. The molecule has 7 nitrogen and oxygen atoms in total. The fraction of sp³-hybridized carbons (Fsp3) is 0.417. The molecule has 31 heavy (non-hydrogen) atoms. The smallest absolute Gasteiger partial charge is 0.303 e. The zero-order valence-corrected chi connectivity index (χ0v) is 17.8. The fourth-order valence-corrected chi connectivity index (χ4v) is 5.32. The highest BCUT2D eigenvalue weighted by Gasteiger charge is 2.42. The van der Waals surface area contributed by atoms with Gasteiger partial charge in [-0.1, -0.05) is 29.8 Å². The lowest BCUT2D eigenvalue weighted by Crippen LogP contribution is -2.41. The second-order valence-corrected chi connectivity index (χ2v) is 9.39. The summed E-state index contributed by atoms with van der Waals surface area (Å²) in [5.74, 6) is 0.0210. The molecule has 2 heterocycles. The number of hydrogen-bond donors (Lipinski definition) is 2. The van der Waals surface area contributed by atoms with Crippen molar-refractivity contribution in [3.05, 3.63) is 47.3 Å². The molecule has 3 N–H and O–H groups in total. The van der Waals surface area contributed by atoms with Gasteiger partial charge < -0.3 is 15.6 Å². The molecule has 1 fully saturated rings. The maximum absolute atomic E-state index is 11.3. The van der Waals surface area contributed by atoms with Crippen molar-refractivity contribution in [1.29, 1.82) is 0 Å². The summed E-state index contributed by atoms with van der Waals surface area (Å²) in [7, 11) is 0. The van der Waals surface area contributed by atoms with Gasteiger partial charge in [-0.15, -0.1) is 0 Å². The predicted octanol–water partition coefficient (Wildman–Crippen LogP) is 4.54. The van der Waals surface area contributed by atoms with E-state index in [2.05, 4.69) is 34.2 Å². The Morgan fingerprint density at radius 3 is 2.58 bits per heavy atom. The molecule has 1 aromatic heterocycles. The van der Waals surface area contributed by atoms with Crippen molar-refractivity contribution < 1.29 is 14.6 Å². The molecule has 160 valence electrons. The highest BCUT2D eigenvalue weighted by atomic mass is 16.5. The zero-order chi connectivity index (χ0) is 21.8. The summed E-state index contributed by atoms with van der Waals surface area (Å²) < 4.78 is 6.08. The maximum Gasteiger partial charge on any atom is 0.303 e. The van der Waals surface area contributed by atoms with Gasteiger partial charge >= 0.3 is 5.97 Å². The summed E-state index contributed by atoms with van der Waals surface area (Å²) in [5, 5.41) is 9.29. The number of nitrogens with zero attached hydrogens (tertiary/aromatic N) is 3. The first kappa shape index (κ1) is 19.7. The van der Waals surface area contributed by atoms with E-state index in [0.717, 1.165) is 43.4 Å². The first-order chi connectivity index (χ1) is 14.8. The lowest BCUT2D eigenvalue weighted by Gasteiger charge is -2.32. The van der Waals surface area contributed by atoms with Gasteiger partial charge in [0, 0.05) is 5.56 Å². The number of aliphatic imine (C=N–C) groups is 1. The number of benzene rings is 1. The summed E-state index contributed by atoms with van der Waals surface area (Å²) in [6.07, 6.45) is 6.47. The van der Waals surface area contributed by atoms with Gasteiger partial charge in [-0.3, -0.25) is 4.79 Å². The van der Waals surface area contributed by atoms with E-state index in [1.807, 2.05) is 13.8 Å². The first-order valence-electron chi connectivity index (χ1n) is 10.7. The molecule has 1 aliphatic heterocycles. The number of allylic oxidation sites excluding steroid dienone is 2. The van der Waals surface area contributed by atoms with Crippen LogP contribution in [-0.2, 0) is 4.79 Å². The summed E-state index contributed by atoms with van der Waals surface area (Å²) in [6.45, 7) is 3.93. The molecular formula is C24H26N4O3. The second-order valence-electron chi connectivity index (χ2n) is 9.39. The molecule has 1 saturated carbocycles. The zero-order valence-electron chi connectivity index (χ0n) is 17.8. The number of aliphatic carboxylic acids is 1. The van der Waals surface area contributed by atoms with Crippen LogP contribution >= 0.6 is 0 Å². The number of nitrogens with two attached hydrogens (primary N) is 1. The van der Waals surface area contributed by atoms with Gasteiger partial charge in [0.15, 0.2) is 11.5 Å². The molecule has 2 aliphatic carbocycles. The molecule has 1 atom stereocenters. The molecule has 0 amide bonds. The van der Waals surface area contributed by atoms with Crippen molar-refractivity contribution in [3.63, 3.8) is 0 Å². The number of fused-ring (bicyclic) bond motifs is 3. The van der Waals surface area contributed by atoms with Crippen LogP contribution in [0.5, 0.6) is 5.88 Å². The maximum atomic E-state index is 11.3. The number of anilines is 1. The van der Waals surface area contributed by atoms with Crippen LogP contribution in [-0.4, -0.2) is 32.4 Å². The largest absolute Gasteiger partial charge is 0.481 e. The average molecular weight is 418 g/mol. The number of carboxylic acid groups (broad SMARTS) is 1. The SMILES string of the molecule is CC1(C)Oc2ncnc(N)c2N=C1c1ccc(C2=C3CCC(CC(=O)O)(CC2)C3)cc1. The van der Waals surface area contributed by atoms with Crippen LogP contribution in [0.15, 0.2) is 41.2 Å². The van der Waals surface area contributed by atoms with Crippen LogP contribution in [0.2, 0.25) is 0 Å². The van der Waals surface area contributed by atoms with Crippen molar-refractivity contribution in [3.8, 4) is 5.88 Å². The van der Waals surface area contributed by atoms with Crippen LogP contribution in [0.1, 0.15) is 63.5 Å². The molecule has 3 aliphatic rings. The quantitative estimate of drug-likeness (QED) is 0.754. The predicted molar refractivity (Wildman–Crippen MR) is 118 cm³/mol. The molecule has 2 aromatic rings. The van der Waals surface area contributed by atoms with Gasteiger partial charge in [0.05, 0.1) is 12.1 Å². The van der Waals surface area contributed by atoms with E-state index in [1.54, 1.807) is 0 Å². The molecule has 0 radical (unpaired) electrons. The van der Waals surface area contributed by atoms with Gasteiger partial charge in [-0.25, -0.2) is 9.98 Å². The monoisotopic (exact) mass is 418 g/mol. The Hall–Kier alpha value is -3.22. The number of rotatable bonds is 4. The third-order valence-electron chi connectivity index (χ3n) is 6.87. The van der Waals surface area contributed by atoms with Gasteiger partial charge in [0.25, 0.3) is 0 Å². The Morgan fingerprint density at radius 1 is 1.13 bits per heavy atom. The molecule has 5 rings (SSSR count). The van der Waals surface area contributed by atoms with E-state index < -0.39 is 11.6 Å². The van der Waals surface area contributed by atoms with Gasteiger partial charge in [-0.2, -0.15) is 4.98 Å². The van der Waals surface area contributed by atoms with E-state index in [4.69, 9.17) is 15.5 Å². The van der Waals surface area contributed by atoms with Crippen LogP contribution < -0.4 is 10.5 Å². The lowest BCUT2D eigenvalue weighted by molar-refractivity contribution is -0.139. The molecule has 0 saturated heterocycles. The Labute approximate surface area is 181 Å². The van der Waals surface area contributed by atoms with E-state index in [1.165, 1.54) is 23.0 Å². The first-order valence-corrected chi connectivity index (χ1v) is 10.7. The summed E-state index contributed by atoms with van der Waals surface area (Å²) >= 11 is 0. The van der Waals surface area contributed by atoms with Gasteiger partial charge in [-0.05, 0) is 62.5 Å². The highest BCUT2D eigenvalue weighted by Crippen LogP contribution is 2.55. The van der Waals surface area contributed by atoms with Crippen LogP contribution in [0, 0.1) is 5.41 Å². The normalized spacial score (nSPS) is 23.7. The Kier molecular flexibility index (Phi) is 4.39. The molecule has 1 aromatic carbocycles. The minimum atomic E-state index is -0.681. The molecule has 1 unspecified atom stereocenters.